The van der Waals surface area contributed by atoms with Gasteiger partial charge in [0.2, 0.25) is 0 Å². The molecular formula is C34H35F3N6O2S. The van der Waals surface area contributed by atoms with Crippen LogP contribution in [0.15, 0.2) is 83.4 Å². The maximum Gasteiger partial charge on any atom is 0.573 e. The third-order valence-electron chi connectivity index (χ3n) is 7.35. The van der Waals surface area contributed by atoms with Gasteiger partial charge in [-0.05, 0) is 79.1 Å². The zero-order valence-corrected chi connectivity index (χ0v) is 27.0. The Labute approximate surface area is 269 Å². The molecular weight excluding hydrogens is 613 g/mol. The van der Waals surface area contributed by atoms with Crippen molar-refractivity contribution in [3.8, 4) is 28.5 Å². The summed E-state index contributed by atoms with van der Waals surface area (Å²) in [6.45, 7) is 10.9. The predicted molar refractivity (Wildman–Crippen MR) is 173 cm³/mol. The van der Waals surface area contributed by atoms with Crippen LogP contribution in [0.4, 0.5) is 18.0 Å². The second-order valence-electron chi connectivity index (χ2n) is 11.6. The van der Waals surface area contributed by atoms with Crippen LogP contribution in [-0.2, 0) is 6.42 Å². The number of urea groups is 1. The molecule has 46 heavy (non-hydrogen) atoms. The lowest BCUT2D eigenvalue weighted by Gasteiger charge is -2.16. The molecule has 2 amide bonds. The summed E-state index contributed by atoms with van der Waals surface area (Å²) < 4.78 is 44.7. The first-order chi connectivity index (χ1) is 21.9. The number of alkyl halides is 3. The van der Waals surface area contributed by atoms with Crippen LogP contribution < -0.4 is 14.9 Å². The third kappa shape index (κ3) is 8.11. The van der Waals surface area contributed by atoms with E-state index in [-0.39, 0.29) is 17.7 Å². The normalized spacial score (nSPS) is 12.8. The Balaban J connectivity index is 1.19. The first-order valence-electron chi connectivity index (χ1n) is 14.8. The molecule has 5 aromatic rings. The molecule has 240 valence electrons. The van der Waals surface area contributed by atoms with Crippen molar-refractivity contribution in [3.05, 3.63) is 106 Å². The molecule has 0 saturated carbocycles. The van der Waals surface area contributed by atoms with E-state index in [1.165, 1.54) is 52.2 Å². The van der Waals surface area contributed by atoms with Crippen molar-refractivity contribution >= 4 is 17.4 Å². The highest BCUT2D eigenvalue weighted by atomic mass is 32.1. The molecule has 2 aromatic heterocycles. The molecule has 5 rings (SSSR count). The van der Waals surface area contributed by atoms with Crippen molar-refractivity contribution in [2.24, 2.45) is 10.9 Å². The van der Waals surface area contributed by atoms with Crippen molar-refractivity contribution in [1.82, 2.24) is 24.6 Å². The van der Waals surface area contributed by atoms with Crippen molar-refractivity contribution < 1.29 is 22.7 Å². The zero-order valence-electron chi connectivity index (χ0n) is 26.2. The van der Waals surface area contributed by atoms with Crippen LogP contribution in [0.25, 0.3) is 22.8 Å². The van der Waals surface area contributed by atoms with Crippen LogP contribution in [0, 0.1) is 19.8 Å². The molecule has 0 saturated heterocycles. The first kappa shape index (κ1) is 32.7. The molecule has 1 unspecified atom stereocenters. The summed E-state index contributed by atoms with van der Waals surface area (Å²) in [6, 6.07) is 19.2. The van der Waals surface area contributed by atoms with E-state index < -0.39 is 6.36 Å². The van der Waals surface area contributed by atoms with E-state index in [9.17, 15) is 18.0 Å². The summed E-state index contributed by atoms with van der Waals surface area (Å²) in [6.07, 6.45) is -2.50. The van der Waals surface area contributed by atoms with Gasteiger partial charge >= 0.3 is 12.4 Å². The maximum atomic E-state index is 12.9. The van der Waals surface area contributed by atoms with Crippen LogP contribution in [0.1, 0.15) is 49.1 Å². The Kier molecular flexibility index (Phi) is 9.76. The van der Waals surface area contributed by atoms with Crippen LogP contribution >= 0.6 is 11.3 Å². The van der Waals surface area contributed by atoms with Gasteiger partial charge in [0.25, 0.3) is 0 Å². The molecule has 0 spiro atoms. The van der Waals surface area contributed by atoms with E-state index >= 15 is 0 Å². The Bertz CT molecular complexity index is 1870. The van der Waals surface area contributed by atoms with Gasteiger partial charge in [-0.1, -0.05) is 57.2 Å². The lowest BCUT2D eigenvalue weighted by Crippen LogP contribution is -2.29. The Morgan fingerprint density at radius 2 is 1.74 bits per heavy atom. The molecule has 0 bridgehead atoms. The number of aryl methyl sites for hydroxylation is 2. The van der Waals surface area contributed by atoms with Gasteiger partial charge in [0.15, 0.2) is 10.6 Å². The number of ether oxygens (including phenoxy) is 1. The Morgan fingerprint density at radius 3 is 2.41 bits per heavy atom. The van der Waals surface area contributed by atoms with Crippen LogP contribution in [0.5, 0.6) is 5.75 Å². The number of carbonyl (C=O) groups is 1. The number of halogens is 3. The Morgan fingerprint density at radius 1 is 1.02 bits per heavy atom. The maximum absolute atomic E-state index is 12.9. The topological polar surface area (TPSA) is 86.3 Å². The molecule has 12 heteroatoms. The standard InChI is InChI=1S/C34H35F3N6O2S/c1-21(2)29-15-6-22(3)17-30(29)43-24(5)19-46-33(43)40-32(44)38-18-23(4)16-25-7-9-26(10-8-25)31-39-20-42(41-31)27-11-13-28(14-12-27)45-34(35,36)37/h6-15,17,19-21,23H,16,18H2,1-5H3,(H,38,44). The predicted octanol–water partition coefficient (Wildman–Crippen LogP) is 7.91. The third-order valence-corrected chi connectivity index (χ3v) is 8.29. The van der Waals surface area contributed by atoms with Gasteiger partial charge < -0.3 is 10.1 Å². The van der Waals surface area contributed by atoms with E-state index in [1.54, 1.807) is 0 Å². The number of carbonyl (C=O) groups excluding carboxylic acids is 1. The van der Waals surface area contributed by atoms with Gasteiger partial charge in [-0.15, -0.1) is 29.6 Å². The molecule has 8 nitrogen and oxygen atoms in total. The van der Waals surface area contributed by atoms with Gasteiger partial charge in [-0.25, -0.2) is 14.5 Å². The number of hydrogen-bond acceptors (Lipinski definition) is 5. The molecule has 3 aromatic carbocycles. The van der Waals surface area contributed by atoms with Crippen molar-refractivity contribution in [1.29, 1.82) is 0 Å². The average Bonchev–Trinajstić information content (AvgIpc) is 3.63. The second kappa shape index (κ2) is 13.7. The minimum absolute atomic E-state index is 0.160. The zero-order chi connectivity index (χ0) is 33.0. The number of nitrogens with zero attached hydrogens (tertiary/aromatic N) is 5. The molecule has 0 radical (unpaired) electrons. The van der Waals surface area contributed by atoms with E-state index in [4.69, 9.17) is 0 Å². The summed E-state index contributed by atoms with van der Waals surface area (Å²) in [5.41, 5.74) is 6.86. The van der Waals surface area contributed by atoms with E-state index in [1.807, 2.05) is 36.6 Å². The minimum Gasteiger partial charge on any atom is -0.406 e. The summed E-state index contributed by atoms with van der Waals surface area (Å²) in [5.74, 6) is 0.660. The number of amides is 2. The number of nitrogens with one attached hydrogen (secondary N) is 1. The summed E-state index contributed by atoms with van der Waals surface area (Å²) in [4.78, 5) is 22.3. The van der Waals surface area contributed by atoms with Crippen LogP contribution in [0.2, 0.25) is 0 Å². The first-order valence-corrected chi connectivity index (χ1v) is 15.7. The van der Waals surface area contributed by atoms with Gasteiger partial charge in [0, 0.05) is 23.2 Å². The fraction of sp³-hybridized carbons (Fsp3) is 0.294. The molecule has 2 heterocycles. The fourth-order valence-electron chi connectivity index (χ4n) is 5.07. The van der Waals surface area contributed by atoms with Crippen molar-refractivity contribution in [2.45, 2.75) is 53.3 Å². The second-order valence-corrected chi connectivity index (χ2v) is 12.4. The molecule has 0 aliphatic rings. The number of rotatable bonds is 9. The van der Waals surface area contributed by atoms with E-state index in [0.29, 0.717) is 28.8 Å². The molecule has 1 atom stereocenters. The summed E-state index contributed by atoms with van der Waals surface area (Å²) in [7, 11) is 0. The van der Waals surface area contributed by atoms with Crippen molar-refractivity contribution in [2.75, 3.05) is 6.54 Å². The van der Waals surface area contributed by atoms with Gasteiger partial charge in [-0.3, -0.25) is 4.57 Å². The van der Waals surface area contributed by atoms with E-state index in [2.05, 4.69) is 75.6 Å². The van der Waals surface area contributed by atoms with E-state index in [0.717, 1.165) is 34.5 Å². The van der Waals surface area contributed by atoms with Gasteiger partial charge in [0.05, 0.1) is 11.4 Å². The monoisotopic (exact) mass is 648 g/mol. The molecule has 0 aliphatic heterocycles. The minimum atomic E-state index is -4.75. The molecule has 0 fully saturated rings. The highest BCUT2D eigenvalue weighted by Crippen LogP contribution is 2.26. The quantitative estimate of drug-likeness (QED) is 0.176. The summed E-state index contributed by atoms with van der Waals surface area (Å²) >= 11 is 1.45. The Hall–Kier alpha value is -4.71. The largest absolute Gasteiger partial charge is 0.573 e. The smallest absolute Gasteiger partial charge is 0.406 e. The highest BCUT2D eigenvalue weighted by Gasteiger charge is 2.31. The lowest BCUT2D eigenvalue weighted by atomic mass is 9.99. The number of hydrogen-bond donors (Lipinski definition) is 1. The SMILES string of the molecule is Cc1ccc(C(C)C)c(-n2c(C)csc2=NC(=O)NCC(C)Cc2ccc(-c3ncn(-c4ccc(OC(F)(F)F)cc4)n3)cc2)c1. The number of thiazole rings is 1. The van der Waals surface area contributed by atoms with Gasteiger partial charge in [0.1, 0.15) is 12.1 Å². The van der Waals surface area contributed by atoms with Crippen LogP contribution in [-0.4, -0.2) is 38.3 Å². The highest BCUT2D eigenvalue weighted by molar-refractivity contribution is 7.07. The number of benzene rings is 3. The lowest BCUT2D eigenvalue weighted by molar-refractivity contribution is -0.274. The number of aromatic nitrogens is 4. The van der Waals surface area contributed by atoms with Crippen molar-refractivity contribution in [3.63, 3.8) is 0 Å². The molecule has 1 N–H and O–H groups in total. The van der Waals surface area contributed by atoms with Gasteiger partial charge in [-0.2, -0.15) is 4.99 Å². The fourth-order valence-corrected chi connectivity index (χ4v) is 5.94. The molecule has 0 aliphatic carbocycles. The average molecular weight is 649 g/mol. The van der Waals surface area contributed by atoms with Crippen LogP contribution in [0.3, 0.4) is 0 Å². The summed E-state index contributed by atoms with van der Waals surface area (Å²) in [5, 5.41) is 9.43.